The van der Waals surface area contributed by atoms with Crippen molar-refractivity contribution in [2.45, 2.75) is 13.5 Å². The number of rotatable bonds is 4. The largest absolute Gasteiger partial charge is 0.381 e. The number of carbonyl (C=O) groups excluding carboxylic acids is 1. The van der Waals surface area contributed by atoms with E-state index in [2.05, 4.69) is 26.6 Å². The minimum Gasteiger partial charge on any atom is -0.381 e. The van der Waals surface area contributed by atoms with Crippen LogP contribution in [0.2, 0.25) is 0 Å². The molecule has 0 aromatic heterocycles. The van der Waals surface area contributed by atoms with Crippen LogP contribution in [0.15, 0.2) is 40.9 Å². The second kappa shape index (κ2) is 6.72. The van der Waals surface area contributed by atoms with Gasteiger partial charge in [0.1, 0.15) is 5.82 Å². The first-order valence-corrected chi connectivity index (χ1v) is 7.31. The zero-order valence-corrected chi connectivity index (χ0v) is 13.4. The van der Waals surface area contributed by atoms with Crippen molar-refractivity contribution in [3.63, 3.8) is 0 Å². The van der Waals surface area contributed by atoms with Crippen LogP contribution in [0.25, 0.3) is 0 Å². The van der Waals surface area contributed by atoms with Gasteiger partial charge in [-0.25, -0.2) is 4.39 Å². The molecule has 5 heteroatoms. The van der Waals surface area contributed by atoms with E-state index in [0.29, 0.717) is 12.1 Å². The van der Waals surface area contributed by atoms with Gasteiger partial charge in [-0.15, -0.1) is 0 Å². The van der Waals surface area contributed by atoms with Crippen LogP contribution >= 0.6 is 15.9 Å². The number of halogens is 2. The van der Waals surface area contributed by atoms with Crippen molar-refractivity contribution in [3.05, 3.63) is 63.4 Å². The van der Waals surface area contributed by atoms with Crippen LogP contribution in [0.5, 0.6) is 0 Å². The van der Waals surface area contributed by atoms with Gasteiger partial charge in [-0.1, -0.05) is 15.9 Å². The minimum absolute atomic E-state index is 0.113. The van der Waals surface area contributed by atoms with E-state index in [0.717, 1.165) is 21.3 Å². The van der Waals surface area contributed by atoms with Crippen LogP contribution in [-0.2, 0) is 6.54 Å². The maximum atomic E-state index is 13.2. The number of hydrogen-bond acceptors (Lipinski definition) is 2. The molecule has 0 radical (unpaired) electrons. The Morgan fingerprint density at radius 2 is 2.00 bits per heavy atom. The number of anilines is 1. The van der Waals surface area contributed by atoms with E-state index in [9.17, 15) is 9.18 Å². The zero-order chi connectivity index (χ0) is 15.4. The van der Waals surface area contributed by atoms with Gasteiger partial charge in [0, 0.05) is 29.3 Å². The molecule has 0 spiro atoms. The summed E-state index contributed by atoms with van der Waals surface area (Å²) in [6.07, 6.45) is 0. The Bertz CT molecular complexity index is 673. The standard InChI is InChI=1S/C16H16BrFN2O/c1-10-7-11(16(21)19-2)3-6-15(10)20-9-12-8-13(18)4-5-14(12)17/h3-8,20H,9H2,1-2H3,(H,19,21). The molecule has 0 saturated carbocycles. The third-order valence-corrected chi connectivity index (χ3v) is 3.97. The van der Waals surface area contributed by atoms with Gasteiger partial charge in [0.05, 0.1) is 0 Å². The molecule has 21 heavy (non-hydrogen) atoms. The van der Waals surface area contributed by atoms with E-state index in [1.54, 1.807) is 19.2 Å². The average Bonchev–Trinajstić information content (AvgIpc) is 2.48. The maximum absolute atomic E-state index is 13.2. The zero-order valence-electron chi connectivity index (χ0n) is 11.8. The van der Waals surface area contributed by atoms with Crippen molar-refractivity contribution in [3.8, 4) is 0 Å². The summed E-state index contributed by atoms with van der Waals surface area (Å²) in [4.78, 5) is 11.6. The van der Waals surface area contributed by atoms with Crippen LogP contribution < -0.4 is 10.6 Å². The Morgan fingerprint density at radius 3 is 2.67 bits per heavy atom. The topological polar surface area (TPSA) is 41.1 Å². The summed E-state index contributed by atoms with van der Waals surface area (Å²) in [6.45, 7) is 2.42. The highest BCUT2D eigenvalue weighted by Gasteiger charge is 2.07. The van der Waals surface area contributed by atoms with Crippen molar-refractivity contribution in [1.29, 1.82) is 0 Å². The van der Waals surface area contributed by atoms with Crippen LogP contribution in [-0.4, -0.2) is 13.0 Å². The molecule has 0 saturated heterocycles. The molecule has 0 bridgehead atoms. The van der Waals surface area contributed by atoms with Crippen molar-refractivity contribution < 1.29 is 9.18 Å². The molecule has 0 unspecified atom stereocenters. The molecular weight excluding hydrogens is 335 g/mol. The Kier molecular flexibility index (Phi) is 4.96. The predicted molar refractivity (Wildman–Crippen MR) is 86.0 cm³/mol. The Balaban J connectivity index is 2.13. The molecule has 1 amide bonds. The molecule has 0 aliphatic heterocycles. The molecular formula is C16H16BrFN2O. The van der Waals surface area contributed by atoms with E-state index >= 15 is 0 Å². The summed E-state index contributed by atoms with van der Waals surface area (Å²) in [5.74, 6) is -0.376. The second-order valence-corrected chi connectivity index (χ2v) is 5.55. The Morgan fingerprint density at radius 1 is 1.24 bits per heavy atom. The highest BCUT2D eigenvalue weighted by molar-refractivity contribution is 9.10. The third kappa shape index (κ3) is 3.82. The normalized spacial score (nSPS) is 10.3. The highest BCUT2D eigenvalue weighted by Crippen LogP contribution is 2.21. The highest BCUT2D eigenvalue weighted by atomic mass is 79.9. The summed E-state index contributed by atoms with van der Waals surface area (Å²) in [7, 11) is 1.60. The quantitative estimate of drug-likeness (QED) is 0.878. The summed E-state index contributed by atoms with van der Waals surface area (Å²) >= 11 is 3.40. The van der Waals surface area contributed by atoms with E-state index in [1.807, 2.05) is 19.1 Å². The first kappa shape index (κ1) is 15.5. The summed E-state index contributed by atoms with van der Waals surface area (Å²) < 4.78 is 14.1. The third-order valence-electron chi connectivity index (χ3n) is 3.19. The van der Waals surface area contributed by atoms with Crippen molar-refractivity contribution in [2.75, 3.05) is 12.4 Å². The fourth-order valence-electron chi connectivity index (χ4n) is 2.02. The average molecular weight is 351 g/mol. The van der Waals surface area contributed by atoms with Crippen LogP contribution in [0.4, 0.5) is 10.1 Å². The van der Waals surface area contributed by atoms with Crippen molar-refractivity contribution >= 4 is 27.5 Å². The lowest BCUT2D eigenvalue weighted by Gasteiger charge is -2.12. The van der Waals surface area contributed by atoms with E-state index < -0.39 is 0 Å². The number of carbonyl (C=O) groups is 1. The molecule has 2 rings (SSSR count). The number of aryl methyl sites for hydroxylation is 1. The SMILES string of the molecule is CNC(=O)c1ccc(NCc2cc(F)ccc2Br)c(C)c1. The van der Waals surface area contributed by atoms with Gasteiger partial charge in [-0.2, -0.15) is 0 Å². The molecule has 2 N–H and O–H groups in total. The van der Waals surface area contributed by atoms with Gasteiger partial charge in [0.2, 0.25) is 0 Å². The lowest BCUT2D eigenvalue weighted by atomic mass is 10.1. The monoisotopic (exact) mass is 350 g/mol. The minimum atomic E-state index is -0.262. The van der Waals surface area contributed by atoms with Crippen molar-refractivity contribution in [1.82, 2.24) is 5.32 Å². The maximum Gasteiger partial charge on any atom is 0.251 e. The van der Waals surface area contributed by atoms with Crippen LogP contribution in [0.3, 0.4) is 0 Å². The van der Waals surface area contributed by atoms with E-state index in [4.69, 9.17) is 0 Å². The fraction of sp³-hybridized carbons (Fsp3) is 0.188. The molecule has 0 heterocycles. The molecule has 2 aromatic rings. The Labute approximate surface area is 131 Å². The summed E-state index contributed by atoms with van der Waals surface area (Å²) in [5.41, 5.74) is 3.33. The van der Waals surface area contributed by atoms with Gasteiger partial charge < -0.3 is 10.6 Å². The summed E-state index contributed by atoms with van der Waals surface area (Å²) in [5, 5.41) is 5.85. The Hall–Kier alpha value is -1.88. The van der Waals surface area contributed by atoms with Gasteiger partial charge in [-0.3, -0.25) is 4.79 Å². The van der Waals surface area contributed by atoms with Crippen LogP contribution in [0.1, 0.15) is 21.5 Å². The van der Waals surface area contributed by atoms with Gasteiger partial charge >= 0.3 is 0 Å². The van der Waals surface area contributed by atoms with Crippen molar-refractivity contribution in [2.24, 2.45) is 0 Å². The molecule has 0 atom stereocenters. The molecule has 110 valence electrons. The first-order chi connectivity index (χ1) is 10.0. The van der Waals surface area contributed by atoms with Gasteiger partial charge in [0.25, 0.3) is 5.91 Å². The lowest BCUT2D eigenvalue weighted by molar-refractivity contribution is 0.0963. The summed E-state index contributed by atoms with van der Waals surface area (Å²) in [6, 6.07) is 10.0. The molecule has 3 nitrogen and oxygen atoms in total. The molecule has 0 aliphatic rings. The number of amides is 1. The van der Waals surface area contributed by atoms with Crippen LogP contribution in [0, 0.1) is 12.7 Å². The fourth-order valence-corrected chi connectivity index (χ4v) is 2.40. The molecule has 0 fully saturated rings. The van der Waals surface area contributed by atoms with Gasteiger partial charge in [-0.05, 0) is 54.4 Å². The van der Waals surface area contributed by atoms with Gasteiger partial charge in [0.15, 0.2) is 0 Å². The second-order valence-electron chi connectivity index (χ2n) is 4.70. The number of hydrogen-bond donors (Lipinski definition) is 2. The first-order valence-electron chi connectivity index (χ1n) is 6.52. The predicted octanol–water partition coefficient (Wildman–Crippen LogP) is 3.87. The number of benzene rings is 2. The van der Waals surface area contributed by atoms with E-state index in [-0.39, 0.29) is 11.7 Å². The van der Waals surface area contributed by atoms with E-state index in [1.165, 1.54) is 12.1 Å². The smallest absolute Gasteiger partial charge is 0.251 e. The lowest BCUT2D eigenvalue weighted by Crippen LogP contribution is -2.17. The molecule has 2 aromatic carbocycles. The number of nitrogens with one attached hydrogen (secondary N) is 2. The molecule has 0 aliphatic carbocycles.